The van der Waals surface area contributed by atoms with Crippen LogP contribution in [0.25, 0.3) is 0 Å². The summed E-state index contributed by atoms with van der Waals surface area (Å²) in [6, 6.07) is 0. The van der Waals surface area contributed by atoms with Crippen LogP contribution in [0.2, 0.25) is 0 Å². The second-order valence-corrected chi connectivity index (χ2v) is 3.34. The van der Waals surface area contributed by atoms with Gasteiger partial charge < -0.3 is 15.4 Å². The zero-order valence-electron chi connectivity index (χ0n) is 8.86. The predicted molar refractivity (Wildman–Crippen MR) is 60.3 cm³/mol. The summed E-state index contributed by atoms with van der Waals surface area (Å²) < 4.78 is 6.53. The van der Waals surface area contributed by atoms with Crippen molar-refractivity contribution >= 4 is 17.3 Å². The van der Waals surface area contributed by atoms with E-state index in [4.69, 9.17) is 17.0 Å². The first-order valence-electron chi connectivity index (χ1n) is 4.57. The number of thiocarbonyl (C=S) groups is 1. The molecule has 0 aliphatic heterocycles. The van der Waals surface area contributed by atoms with E-state index >= 15 is 0 Å². The van der Waals surface area contributed by atoms with Crippen molar-refractivity contribution in [2.75, 3.05) is 20.3 Å². The van der Waals surface area contributed by atoms with Crippen molar-refractivity contribution in [3.63, 3.8) is 0 Å². The lowest BCUT2D eigenvalue weighted by Crippen LogP contribution is -2.36. The van der Waals surface area contributed by atoms with Crippen LogP contribution in [0.15, 0.2) is 6.33 Å². The van der Waals surface area contributed by atoms with E-state index < -0.39 is 0 Å². The Bertz CT molecular complexity index is 314. The number of nitrogens with zero attached hydrogens (tertiary/aromatic N) is 3. The quantitative estimate of drug-likeness (QED) is 0.520. The monoisotopic (exact) mass is 229 g/mol. The van der Waals surface area contributed by atoms with E-state index in [0.29, 0.717) is 30.6 Å². The van der Waals surface area contributed by atoms with Crippen LogP contribution in [0.3, 0.4) is 0 Å². The first-order chi connectivity index (χ1) is 7.22. The van der Waals surface area contributed by atoms with E-state index in [1.807, 2.05) is 7.05 Å². The number of aromatic nitrogens is 3. The van der Waals surface area contributed by atoms with Crippen molar-refractivity contribution in [1.82, 2.24) is 25.4 Å². The summed E-state index contributed by atoms with van der Waals surface area (Å²) in [5.41, 5.74) is 0. The Balaban J connectivity index is 2.16. The van der Waals surface area contributed by atoms with E-state index in [-0.39, 0.29) is 0 Å². The van der Waals surface area contributed by atoms with Crippen LogP contribution in [0.1, 0.15) is 5.82 Å². The molecule has 15 heavy (non-hydrogen) atoms. The highest BCUT2D eigenvalue weighted by atomic mass is 32.1. The molecule has 0 unspecified atom stereocenters. The van der Waals surface area contributed by atoms with Gasteiger partial charge in [0.15, 0.2) is 10.9 Å². The van der Waals surface area contributed by atoms with E-state index in [9.17, 15) is 0 Å². The van der Waals surface area contributed by atoms with Gasteiger partial charge in [-0.05, 0) is 12.2 Å². The molecule has 0 saturated heterocycles. The summed E-state index contributed by atoms with van der Waals surface area (Å²) in [7, 11) is 3.47. The second kappa shape index (κ2) is 6.31. The molecule has 0 radical (unpaired) electrons. The zero-order chi connectivity index (χ0) is 11.1. The molecule has 0 fully saturated rings. The number of hydrogen-bond acceptors (Lipinski definition) is 4. The molecule has 7 heteroatoms. The third-order valence-electron chi connectivity index (χ3n) is 1.65. The number of methoxy groups -OCH3 is 1. The molecule has 0 atom stereocenters. The average molecular weight is 229 g/mol. The third-order valence-corrected chi connectivity index (χ3v) is 1.93. The molecule has 1 aromatic heterocycles. The fourth-order valence-electron chi connectivity index (χ4n) is 0.953. The number of ether oxygens (including phenoxy) is 1. The number of nitrogens with one attached hydrogen (secondary N) is 2. The van der Waals surface area contributed by atoms with Crippen LogP contribution in [-0.4, -0.2) is 40.1 Å². The van der Waals surface area contributed by atoms with Crippen LogP contribution in [0.5, 0.6) is 0 Å². The number of hydrogen-bond donors (Lipinski definition) is 2. The fraction of sp³-hybridized carbons (Fsp3) is 0.625. The van der Waals surface area contributed by atoms with E-state index in [1.165, 1.54) is 0 Å². The molecular formula is C8H15N5OS. The average Bonchev–Trinajstić information content (AvgIpc) is 2.62. The molecule has 1 heterocycles. The van der Waals surface area contributed by atoms with Gasteiger partial charge in [-0.2, -0.15) is 5.10 Å². The van der Waals surface area contributed by atoms with Gasteiger partial charge in [-0.25, -0.2) is 4.98 Å². The first kappa shape index (κ1) is 11.9. The van der Waals surface area contributed by atoms with Gasteiger partial charge in [0.1, 0.15) is 6.33 Å². The van der Waals surface area contributed by atoms with Crippen LogP contribution < -0.4 is 10.6 Å². The van der Waals surface area contributed by atoms with Crippen LogP contribution in [-0.2, 0) is 18.3 Å². The molecule has 0 bridgehead atoms. The highest BCUT2D eigenvalue weighted by molar-refractivity contribution is 7.80. The maximum atomic E-state index is 5.03. The van der Waals surface area contributed by atoms with E-state index in [0.717, 1.165) is 0 Å². The molecule has 1 aromatic rings. The van der Waals surface area contributed by atoms with Gasteiger partial charge in [0, 0.05) is 20.7 Å². The minimum Gasteiger partial charge on any atom is -0.383 e. The predicted octanol–water partition coefficient (Wildman–Crippen LogP) is -0.574. The van der Waals surface area contributed by atoms with Crippen molar-refractivity contribution in [3.05, 3.63) is 12.2 Å². The highest BCUT2D eigenvalue weighted by Crippen LogP contribution is 1.86. The zero-order valence-corrected chi connectivity index (χ0v) is 9.67. The Kier molecular flexibility index (Phi) is 4.99. The summed E-state index contributed by atoms with van der Waals surface area (Å²) in [6.07, 6.45) is 1.65. The van der Waals surface area contributed by atoms with Gasteiger partial charge in [0.2, 0.25) is 0 Å². The molecule has 0 spiro atoms. The Morgan fingerprint density at radius 3 is 3.00 bits per heavy atom. The van der Waals surface area contributed by atoms with Crippen molar-refractivity contribution in [1.29, 1.82) is 0 Å². The number of aryl methyl sites for hydroxylation is 1. The normalized spacial score (nSPS) is 10.0. The van der Waals surface area contributed by atoms with Gasteiger partial charge in [-0.3, -0.25) is 4.68 Å². The maximum Gasteiger partial charge on any atom is 0.169 e. The van der Waals surface area contributed by atoms with Gasteiger partial charge in [-0.1, -0.05) is 0 Å². The van der Waals surface area contributed by atoms with Crippen LogP contribution in [0.4, 0.5) is 0 Å². The summed E-state index contributed by atoms with van der Waals surface area (Å²) >= 11 is 5.03. The largest absolute Gasteiger partial charge is 0.383 e. The Morgan fingerprint density at radius 1 is 1.60 bits per heavy atom. The Morgan fingerprint density at radius 2 is 2.40 bits per heavy atom. The lowest BCUT2D eigenvalue weighted by Gasteiger charge is -2.07. The molecule has 0 amide bonds. The SMILES string of the molecule is COCCNC(=S)NCc1ncn(C)n1. The van der Waals surface area contributed by atoms with Gasteiger partial charge in [0.25, 0.3) is 0 Å². The molecule has 1 rings (SSSR count). The molecule has 2 N–H and O–H groups in total. The highest BCUT2D eigenvalue weighted by Gasteiger charge is 1.99. The summed E-state index contributed by atoms with van der Waals surface area (Å²) in [5, 5.41) is 10.7. The van der Waals surface area contributed by atoms with E-state index in [1.54, 1.807) is 18.1 Å². The lowest BCUT2D eigenvalue weighted by atomic mass is 10.6. The maximum absolute atomic E-state index is 5.03. The van der Waals surface area contributed by atoms with Gasteiger partial charge >= 0.3 is 0 Å². The topological polar surface area (TPSA) is 64.0 Å². The standard InChI is InChI=1S/C8H15N5OS/c1-13-6-11-7(12-13)5-10-8(15)9-3-4-14-2/h6H,3-5H2,1-2H3,(H2,9,10,15). The minimum atomic E-state index is 0.527. The molecule has 0 aliphatic carbocycles. The van der Waals surface area contributed by atoms with Crippen molar-refractivity contribution in [2.45, 2.75) is 6.54 Å². The van der Waals surface area contributed by atoms with Crippen LogP contribution in [0, 0.1) is 0 Å². The molecular weight excluding hydrogens is 214 g/mol. The number of rotatable bonds is 5. The van der Waals surface area contributed by atoms with E-state index in [2.05, 4.69) is 20.7 Å². The summed E-state index contributed by atoms with van der Waals surface area (Å²) in [5.74, 6) is 0.716. The van der Waals surface area contributed by atoms with Crippen molar-refractivity contribution in [2.24, 2.45) is 7.05 Å². The smallest absolute Gasteiger partial charge is 0.169 e. The minimum absolute atomic E-state index is 0.527. The Labute approximate surface area is 94.0 Å². The van der Waals surface area contributed by atoms with Gasteiger partial charge in [-0.15, -0.1) is 0 Å². The Hall–Kier alpha value is -1.21. The molecule has 0 aromatic carbocycles. The molecule has 6 nitrogen and oxygen atoms in total. The molecule has 84 valence electrons. The second-order valence-electron chi connectivity index (χ2n) is 2.94. The van der Waals surface area contributed by atoms with Crippen LogP contribution >= 0.6 is 12.2 Å². The van der Waals surface area contributed by atoms with Gasteiger partial charge in [0.05, 0.1) is 13.2 Å². The lowest BCUT2D eigenvalue weighted by molar-refractivity contribution is 0.204. The summed E-state index contributed by atoms with van der Waals surface area (Å²) in [4.78, 5) is 4.06. The van der Waals surface area contributed by atoms with Crippen molar-refractivity contribution in [3.8, 4) is 0 Å². The van der Waals surface area contributed by atoms with Crippen molar-refractivity contribution < 1.29 is 4.74 Å². The first-order valence-corrected chi connectivity index (χ1v) is 4.98. The molecule has 0 saturated carbocycles. The fourth-order valence-corrected chi connectivity index (χ4v) is 1.13. The molecule has 0 aliphatic rings. The third kappa shape index (κ3) is 4.71. The summed E-state index contributed by atoms with van der Waals surface area (Å²) in [6.45, 7) is 1.85.